The first kappa shape index (κ1) is 86.3. The highest BCUT2D eigenvalue weighted by molar-refractivity contribution is 5.99. The molecule has 22 nitrogen and oxygen atoms in total. The van der Waals surface area contributed by atoms with Gasteiger partial charge in [-0.15, -0.1) is 0 Å². The van der Waals surface area contributed by atoms with Crippen molar-refractivity contribution in [3.63, 3.8) is 0 Å². The highest BCUT2D eigenvalue weighted by Crippen LogP contribution is 2.17. The molecule has 0 bridgehead atoms. The van der Waals surface area contributed by atoms with Gasteiger partial charge in [0.05, 0.1) is 32.5 Å². The molecule has 5 rings (SSSR count). The summed E-state index contributed by atoms with van der Waals surface area (Å²) in [5.41, 5.74) is 0. The van der Waals surface area contributed by atoms with Crippen LogP contribution in [0.3, 0.4) is 0 Å². The Morgan fingerprint density at radius 1 is 0.312 bits per heavy atom. The standard InChI is InChI=1S/C16H22O5.C16H24O4.C14H18O5.2C14H20O4/c1-12(17)10-15-7-8-16(21-15)11-14(19)6-5-13(18)4-3-9-20-2;1-3-14-9-11-16(20-14)15(18)10-8-13(17)7-5-4-6-12-19-2;1-3-11(16)13-6-7-14(19-13)12(17)5-4-10(15)8-9-18-2;1-11-6-9-14(18-11)5-3-4-12(15)7-8-13(16)10-17-2;1-3-13-6-7-14(18-13)10-12(16)5-4-11(15)8-9-17-2/h7-8H,3-6,9-11H2,1-2H3;9,11H,3-8,10,12H2,1-2H3;6-7H,3-5,8-9H2,1-2H3;6,9H,3-5,7-8,10H2,1-2H3;6-7H,3-5,8-10H2,1-2H3. The molecule has 0 fully saturated rings. The second kappa shape index (κ2) is 53.4. The summed E-state index contributed by atoms with van der Waals surface area (Å²) >= 11 is 0. The average Bonchev–Trinajstić information content (AvgIpc) is 2.07. The number of rotatable bonds is 49. The molecule has 0 aliphatic rings. The molecule has 0 aliphatic heterocycles. The van der Waals surface area contributed by atoms with E-state index in [-0.39, 0.29) is 152 Å². The van der Waals surface area contributed by atoms with E-state index in [2.05, 4.69) is 0 Å². The lowest BCUT2D eigenvalue weighted by molar-refractivity contribution is -0.126. The summed E-state index contributed by atoms with van der Waals surface area (Å²) in [6.45, 7) is 11.3. The van der Waals surface area contributed by atoms with Gasteiger partial charge >= 0.3 is 0 Å². The number of hydrogen-bond acceptors (Lipinski definition) is 22. The van der Waals surface area contributed by atoms with Crippen LogP contribution in [0, 0.1) is 6.92 Å². The molecule has 0 unspecified atom stereocenters. The van der Waals surface area contributed by atoms with E-state index >= 15 is 0 Å². The van der Waals surface area contributed by atoms with E-state index in [0.29, 0.717) is 107 Å². The molecule has 5 heterocycles. The molecule has 0 radical (unpaired) electrons. The van der Waals surface area contributed by atoms with Crippen LogP contribution in [0.2, 0.25) is 0 Å². The van der Waals surface area contributed by atoms with Crippen LogP contribution in [0.25, 0.3) is 0 Å². The van der Waals surface area contributed by atoms with Crippen molar-refractivity contribution in [1.29, 1.82) is 0 Å². The zero-order valence-electron chi connectivity index (χ0n) is 58.4. The Bertz CT molecular complexity index is 3100. The second-order valence-electron chi connectivity index (χ2n) is 22.7. The fourth-order valence-corrected chi connectivity index (χ4v) is 8.78. The maximum atomic E-state index is 11.8. The lowest BCUT2D eigenvalue weighted by atomic mass is 10.1. The summed E-state index contributed by atoms with van der Waals surface area (Å²) < 4.78 is 50.9. The maximum Gasteiger partial charge on any atom is 0.198 e. The van der Waals surface area contributed by atoms with Crippen molar-refractivity contribution in [1.82, 2.24) is 0 Å². The third-order valence-electron chi connectivity index (χ3n) is 14.3. The lowest BCUT2D eigenvalue weighted by Gasteiger charge is -2.01. The van der Waals surface area contributed by atoms with E-state index in [9.17, 15) is 57.5 Å². The van der Waals surface area contributed by atoms with Crippen LogP contribution in [0.1, 0.15) is 235 Å². The smallest absolute Gasteiger partial charge is 0.198 e. The minimum absolute atomic E-state index is 0.0175. The average molecular weight is 1350 g/mol. The van der Waals surface area contributed by atoms with Gasteiger partial charge in [0.25, 0.3) is 0 Å². The van der Waals surface area contributed by atoms with Gasteiger partial charge in [0.15, 0.2) is 40.4 Å². The van der Waals surface area contributed by atoms with Crippen molar-refractivity contribution < 1.29 is 103 Å². The van der Waals surface area contributed by atoms with Crippen LogP contribution >= 0.6 is 0 Å². The number of aryl methyl sites for hydroxylation is 4. The fourth-order valence-electron chi connectivity index (χ4n) is 8.78. The molecule has 0 aliphatic carbocycles. The first-order valence-corrected chi connectivity index (χ1v) is 33.1. The van der Waals surface area contributed by atoms with Crippen LogP contribution in [-0.4, -0.2) is 138 Å². The first-order valence-electron chi connectivity index (χ1n) is 33.1. The third-order valence-corrected chi connectivity index (χ3v) is 14.3. The number of carbonyl (C=O) groups excluding carboxylic acids is 12. The van der Waals surface area contributed by atoms with Gasteiger partial charge < -0.3 is 45.8 Å². The van der Waals surface area contributed by atoms with Gasteiger partial charge in [-0.05, 0) is 100 Å². The predicted molar refractivity (Wildman–Crippen MR) is 358 cm³/mol. The van der Waals surface area contributed by atoms with Crippen LogP contribution < -0.4 is 0 Å². The second-order valence-corrected chi connectivity index (χ2v) is 22.7. The molecule has 0 spiro atoms. The van der Waals surface area contributed by atoms with Gasteiger partial charge in [0.1, 0.15) is 93.2 Å². The molecule has 5 aromatic rings. The Kier molecular flexibility index (Phi) is 48.0. The number of ketones is 12. The molecule has 0 saturated carbocycles. The van der Waals surface area contributed by atoms with E-state index in [1.54, 1.807) is 46.5 Å². The van der Waals surface area contributed by atoms with Crippen LogP contribution in [0.5, 0.6) is 0 Å². The topological polar surface area (TPSA) is 317 Å². The quantitative estimate of drug-likeness (QED) is 0.0258. The summed E-state index contributed by atoms with van der Waals surface area (Å²) in [7, 11) is 7.83. The maximum absolute atomic E-state index is 11.8. The zero-order valence-corrected chi connectivity index (χ0v) is 58.4. The van der Waals surface area contributed by atoms with Crippen molar-refractivity contribution in [2.45, 2.75) is 208 Å². The van der Waals surface area contributed by atoms with Gasteiger partial charge in [-0.3, -0.25) is 57.5 Å². The molecular formula is C74H104O22. The van der Waals surface area contributed by atoms with E-state index in [1.165, 1.54) is 33.3 Å². The Morgan fingerprint density at radius 3 is 1.16 bits per heavy atom. The van der Waals surface area contributed by atoms with Crippen LogP contribution in [-0.2, 0) is 105 Å². The Balaban J connectivity index is 0.000000601. The third kappa shape index (κ3) is 42.6. The van der Waals surface area contributed by atoms with Gasteiger partial charge in [-0.2, -0.15) is 0 Å². The Labute approximate surface area is 565 Å². The number of unbranched alkanes of at least 4 members (excludes halogenated alkanes) is 2. The predicted octanol–water partition coefficient (Wildman–Crippen LogP) is 13.1. The highest BCUT2D eigenvalue weighted by Gasteiger charge is 2.18. The molecule has 0 saturated heterocycles. The normalized spacial score (nSPS) is 10.6. The Morgan fingerprint density at radius 2 is 0.698 bits per heavy atom. The molecule has 0 N–H and O–H groups in total. The first-order chi connectivity index (χ1) is 46.0. The van der Waals surface area contributed by atoms with Gasteiger partial charge in [-0.25, -0.2) is 0 Å². The number of methoxy groups -OCH3 is 5. The number of carbonyl (C=O) groups is 12. The van der Waals surface area contributed by atoms with Gasteiger partial charge in [0.2, 0.25) is 0 Å². The number of furan rings is 5. The summed E-state index contributed by atoms with van der Waals surface area (Å²) in [6, 6.07) is 17.4. The monoisotopic (exact) mass is 1340 g/mol. The van der Waals surface area contributed by atoms with Crippen molar-refractivity contribution in [3.05, 3.63) is 118 Å². The SMILES string of the molecule is CCC(=O)c1ccc(C(=O)CCC(=O)CCOC)o1.CCc1ccc(C(=O)CCC(=O)CCCCCOC)o1.CCc1ccc(CC(=O)CCC(=O)CCOC)o1.COCC(=O)CCC(=O)CCCc1ccc(C)o1.COCCCC(=O)CCC(=O)Cc1ccc(CC(C)=O)o1. The minimum Gasteiger partial charge on any atom is -0.466 e. The summed E-state index contributed by atoms with van der Waals surface area (Å²) in [4.78, 5) is 138. The number of Topliss-reactive ketones (excluding diaryl/α,β-unsaturated/α-hetero) is 12. The molecular weight excluding hydrogens is 1240 g/mol. The van der Waals surface area contributed by atoms with E-state index in [1.807, 2.05) is 51.1 Å². The Hall–Kier alpha value is -7.76. The van der Waals surface area contributed by atoms with Crippen molar-refractivity contribution in [2.24, 2.45) is 0 Å². The van der Waals surface area contributed by atoms with E-state index in [4.69, 9.17) is 45.8 Å². The number of ether oxygens (including phenoxy) is 5. The molecule has 22 heteroatoms. The molecule has 0 aromatic carbocycles. The summed E-state index contributed by atoms with van der Waals surface area (Å²) in [6.07, 6.45) is 12.4. The van der Waals surface area contributed by atoms with Gasteiger partial charge in [0, 0.05) is 171 Å². The number of hydrogen-bond donors (Lipinski definition) is 0. The van der Waals surface area contributed by atoms with E-state index < -0.39 is 0 Å². The van der Waals surface area contributed by atoms with E-state index in [0.717, 1.165) is 74.6 Å². The molecule has 5 aromatic heterocycles. The van der Waals surface area contributed by atoms with Crippen molar-refractivity contribution >= 4 is 69.4 Å². The van der Waals surface area contributed by atoms with Crippen molar-refractivity contribution in [3.8, 4) is 0 Å². The molecule has 0 atom stereocenters. The largest absolute Gasteiger partial charge is 0.466 e. The molecule has 532 valence electrons. The zero-order chi connectivity index (χ0) is 71.5. The fraction of sp³-hybridized carbons (Fsp3) is 0.568. The lowest BCUT2D eigenvalue weighted by Crippen LogP contribution is -2.09. The molecule has 96 heavy (non-hydrogen) atoms. The molecule has 0 amide bonds. The van der Waals surface area contributed by atoms with Gasteiger partial charge in [-0.1, -0.05) is 27.2 Å². The van der Waals surface area contributed by atoms with Crippen LogP contribution in [0.15, 0.2) is 82.7 Å². The minimum atomic E-state index is -0.263. The van der Waals surface area contributed by atoms with Crippen LogP contribution in [0.4, 0.5) is 0 Å². The van der Waals surface area contributed by atoms with Crippen molar-refractivity contribution in [2.75, 3.05) is 68.6 Å². The summed E-state index contributed by atoms with van der Waals surface area (Å²) in [5, 5.41) is 0. The highest BCUT2D eigenvalue weighted by atomic mass is 16.5. The summed E-state index contributed by atoms with van der Waals surface area (Å²) in [5.74, 6) is 5.90.